The van der Waals surface area contributed by atoms with E-state index in [0.717, 1.165) is 11.6 Å². The second-order valence-electron chi connectivity index (χ2n) is 4.58. The van der Waals surface area contributed by atoms with Gasteiger partial charge in [0.05, 0.1) is 15.7 Å². The lowest BCUT2D eigenvalue weighted by molar-refractivity contribution is 0.218. The fraction of sp³-hybridized carbons (Fsp3) is 0.385. The minimum Gasteiger partial charge on any atom is -0.379 e. The molecule has 1 nitrogen and oxygen atoms in total. The van der Waals surface area contributed by atoms with Crippen molar-refractivity contribution in [3.8, 4) is 0 Å². The zero-order valence-corrected chi connectivity index (χ0v) is 10.3. The number of hydrogen-bond donors (Lipinski definition) is 1. The van der Waals surface area contributed by atoms with Gasteiger partial charge in [0.25, 0.3) is 0 Å². The summed E-state index contributed by atoms with van der Waals surface area (Å²) in [6.45, 7) is 0. The predicted molar refractivity (Wildman–Crippen MR) is 69.2 cm³/mol. The van der Waals surface area contributed by atoms with Gasteiger partial charge in [-0.2, -0.15) is 0 Å². The summed E-state index contributed by atoms with van der Waals surface area (Å²) >= 11 is 12.3. The molecular weight excluding hydrogens is 241 g/mol. The van der Waals surface area contributed by atoms with E-state index in [2.05, 4.69) is 17.5 Å². The molecule has 0 aliphatic heterocycles. The van der Waals surface area contributed by atoms with E-state index in [4.69, 9.17) is 23.2 Å². The summed E-state index contributed by atoms with van der Waals surface area (Å²) in [5, 5.41) is 4.88. The number of hydrogen-bond acceptors (Lipinski definition) is 1. The van der Waals surface area contributed by atoms with E-state index in [1.807, 2.05) is 18.2 Å². The summed E-state index contributed by atoms with van der Waals surface area (Å²) in [7, 11) is 0. The van der Waals surface area contributed by atoms with E-state index in [1.165, 1.54) is 12.8 Å². The van der Waals surface area contributed by atoms with Gasteiger partial charge in [0.1, 0.15) is 0 Å². The number of benzene rings is 1. The normalized spacial score (nSPS) is 31.0. The standard InChI is InChI=1S/C13H13Cl2N/c14-10-5-2-6-11(15)13(10)16-12-7-8-3-1-4-9(8)12/h1-2,4-6,8-9,12,16H,3,7H2. The van der Waals surface area contributed by atoms with Crippen LogP contribution in [0.4, 0.5) is 5.69 Å². The van der Waals surface area contributed by atoms with Crippen LogP contribution in [0.2, 0.25) is 10.0 Å². The molecule has 84 valence electrons. The number of para-hydroxylation sites is 1. The van der Waals surface area contributed by atoms with Gasteiger partial charge in [-0.15, -0.1) is 0 Å². The van der Waals surface area contributed by atoms with Crippen LogP contribution < -0.4 is 5.32 Å². The molecule has 0 radical (unpaired) electrons. The first kappa shape index (κ1) is 10.5. The average molecular weight is 254 g/mol. The molecule has 0 saturated heterocycles. The Bertz CT molecular complexity index is 421. The molecule has 3 atom stereocenters. The quantitative estimate of drug-likeness (QED) is 0.773. The summed E-state index contributed by atoms with van der Waals surface area (Å²) < 4.78 is 0. The van der Waals surface area contributed by atoms with Crippen LogP contribution >= 0.6 is 23.2 Å². The van der Waals surface area contributed by atoms with Crippen LogP contribution in [0.1, 0.15) is 12.8 Å². The first-order valence-corrected chi connectivity index (χ1v) is 6.38. The molecule has 0 spiro atoms. The first-order valence-electron chi connectivity index (χ1n) is 5.63. The van der Waals surface area contributed by atoms with Crippen LogP contribution in [0.15, 0.2) is 30.4 Å². The molecule has 3 unspecified atom stereocenters. The summed E-state index contributed by atoms with van der Waals surface area (Å²) in [6.07, 6.45) is 7.06. The van der Waals surface area contributed by atoms with Gasteiger partial charge in [-0.1, -0.05) is 41.4 Å². The van der Waals surface area contributed by atoms with Gasteiger partial charge in [-0.25, -0.2) is 0 Å². The molecular formula is C13H13Cl2N. The number of halogens is 2. The molecule has 0 heterocycles. The van der Waals surface area contributed by atoms with Crippen LogP contribution in [-0.4, -0.2) is 6.04 Å². The van der Waals surface area contributed by atoms with Crippen molar-refractivity contribution < 1.29 is 0 Å². The zero-order valence-electron chi connectivity index (χ0n) is 8.79. The van der Waals surface area contributed by atoms with Gasteiger partial charge in [-0.3, -0.25) is 0 Å². The van der Waals surface area contributed by atoms with Crippen molar-refractivity contribution in [2.45, 2.75) is 18.9 Å². The van der Waals surface area contributed by atoms with Gasteiger partial charge < -0.3 is 5.32 Å². The molecule has 1 N–H and O–H groups in total. The third kappa shape index (κ3) is 1.63. The van der Waals surface area contributed by atoms with Crippen molar-refractivity contribution in [1.82, 2.24) is 0 Å². The molecule has 0 bridgehead atoms. The second-order valence-corrected chi connectivity index (χ2v) is 5.40. The Labute approximate surface area is 105 Å². The maximum atomic E-state index is 6.13. The van der Waals surface area contributed by atoms with Crippen LogP contribution in [0.3, 0.4) is 0 Å². The van der Waals surface area contributed by atoms with Gasteiger partial charge in [-0.05, 0) is 30.9 Å². The Balaban J connectivity index is 1.77. The smallest absolute Gasteiger partial charge is 0.0721 e. The van der Waals surface area contributed by atoms with E-state index in [0.29, 0.717) is 22.0 Å². The van der Waals surface area contributed by atoms with Crippen molar-refractivity contribution in [3.05, 3.63) is 40.4 Å². The minimum atomic E-state index is 0.501. The molecule has 1 saturated carbocycles. The Morgan fingerprint density at radius 1 is 1.19 bits per heavy atom. The molecule has 1 fully saturated rings. The highest BCUT2D eigenvalue weighted by atomic mass is 35.5. The molecule has 3 heteroatoms. The maximum absolute atomic E-state index is 6.13. The predicted octanol–water partition coefficient (Wildman–Crippen LogP) is 4.37. The SMILES string of the molecule is Clc1cccc(Cl)c1NC1CC2CC=CC21. The fourth-order valence-electron chi connectivity index (χ4n) is 2.70. The third-order valence-electron chi connectivity index (χ3n) is 3.66. The topological polar surface area (TPSA) is 12.0 Å². The lowest BCUT2D eigenvalue weighted by atomic mass is 9.71. The van der Waals surface area contributed by atoms with Crippen molar-refractivity contribution in [2.24, 2.45) is 11.8 Å². The number of rotatable bonds is 2. The molecule has 1 aromatic rings. The average Bonchev–Trinajstić information content (AvgIpc) is 2.59. The first-order chi connectivity index (χ1) is 7.75. The number of allylic oxidation sites excluding steroid dienone is 1. The Morgan fingerprint density at radius 3 is 2.62 bits per heavy atom. The van der Waals surface area contributed by atoms with E-state index in [-0.39, 0.29) is 0 Å². The van der Waals surface area contributed by atoms with Gasteiger partial charge in [0, 0.05) is 12.0 Å². The van der Waals surface area contributed by atoms with Crippen molar-refractivity contribution in [3.63, 3.8) is 0 Å². The number of fused-ring (bicyclic) bond motifs is 1. The summed E-state index contributed by atoms with van der Waals surface area (Å²) in [6, 6.07) is 6.11. The molecule has 0 amide bonds. The number of anilines is 1. The second kappa shape index (κ2) is 3.97. The fourth-order valence-corrected chi connectivity index (χ4v) is 3.21. The molecule has 2 aliphatic rings. The van der Waals surface area contributed by atoms with E-state index in [9.17, 15) is 0 Å². The van der Waals surface area contributed by atoms with Gasteiger partial charge in [0.15, 0.2) is 0 Å². The van der Waals surface area contributed by atoms with Crippen LogP contribution in [0.25, 0.3) is 0 Å². The maximum Gasteiger partial charge on any atom is 0.0721 e. The van der Waals surface area contributed by atoms with Crippen LogP contribution in [-0.2, 0) is 0 Å². The lowest BCUT2D eigenvalue weighted by Crippen LogP contribution is -2.43. The Hall–Kier alpha value is -0.660. The lowest BCUT2D eigenvalue weighted by Gasteiger charge is -2.41. The molecule has 0 aromatic heterocycles. The Kier molecular flexibility index (Phi) is 2.61. The van der Waals surface area contributed by atoms with E-state index < -0.39 is 0 Å². The van der Waals surface area contributed by atoms with Crippen LogP contribution in [0.5, 0.6) is 0 Å². The molecule has 2 aliphatic carbocycles. The van der Waals surface area contributed by atoms with Crippen molar-refractivity contribution in [1.29, 1.82) is 0 Å². The van der Waals surface area contributed by atoms with Crippen molar-refractivity contribution >= 4 is 28.9 Å². The van der Waals surface area contributed by atoms with Crippen molar-refractivity contribution in [2.75, 3.05) is 5.32 Å². The van der Waals surface area contributed by atoms with E-state index in [1.54, 1.807) is 0 Å². The minimum absolute atomic E-state index is 0.501. The molecule has 16 heavy (non-hydrogen) atoms. The summed E-state index contributed by atoms with van der Waals surface area (Å²) in [4.78, 5) is 0. The highest BCUT2D eigenvalue weighted by Crippen LogP contribution is 2.45. The highest BCUT2D eigenvalue weighted by molar-refractivity contribution is 6.39. The van der Waals surface area contributed by atoms with Gasteiger partial charge in [0.2, 0.25) is 0 Å². The van der Waals surface area contributed by atoms with E-state index >= 15 is 0 Å². The van der Waals surface area contributed by atoms with Gasteiger partial charge >= 0.3 is 0 Å². The molecule has 1 aromatic carbocycles. The highest BCUT2D eigenvalue weighted by Gasteiger charge is 2.41. The zero-order chi connectivity index (χ0) is 11.1. The summed E-state index contributed by atoms with van der Waals surface area (Å²) in [5.74, 6) is 1.52. The largest absolute Gasteiger partial charge is 0.379 e. The third-order valence-corrected chi connectivity index (χ3v) is 4.29. The summed E-state index contributed by atoms with van der Waals surface area (Å²) in [5.41, 5.74) is 0.884. The Morgan fingerprint density at radius 2 is 1.94 bits per heavy atom. The van der Waals surface area contributed by atoms with Crippen LogP contribution in [0, 0.1) is 11.8 Å². The number of nitrogens with one attached hydrogen (secondary N) is 1. The monoisotopic (exact) mass is 253 g/mol. The molecule has 3 rings (SSSR count).